The Labute approximate surface area is 370 Å². The number of hydrogen-bond donors (Lipinski definition) is 2. The van der Waals surface area contributed by atoms with E-state index in [0.29, 0.717) is 42.8 Å². The second-order valence-corrected chi connectivity index (χ2v) is 22.5. The summed E-state index contributed by atoms with van der Waals surface area (Å²) in [5, 5.41) is 22.2. The van der Waals surface area contributed by atoms with Crippen molar-refractivity contribution in [3.63, 3.8) is 0 Å². The molecule has 2 N–H and O–H groups in total. The molecular formula is C50H76ClN3O7. The van der Waals surface area contributed by atoms with Crippen LogP contribution >= 0.6 is 11.6 Å². The van der Waals surface area contributed by atoms with Crippen molar-refractivity contribution < 1.29 is 29.3 Å². The molecule has 61 heavy (non-hydrogen) atoms. The molecule has 0 aromatic carbocycles. The van der Waals surface area contributed by atoms with Crippen LogP contribution in [-0.4, -0.2) is 76.4 Å². The van der Waals surface area contributed by atoms with Crippen LogP contribution in [0.15, 0.2) is 46.5 Å². The number of fused-ring (bicyclic) bond motifs is 7. The molecule has 4 fully saturated rings. The molecule has 1 aromatic rings. The molecule has 2 unspecified atom stereocenters. The lowest BCUT2D eigenvalue weighted by atomic mass is 9.33. The lowest BCUT2D eigenvalue weighted by Crippen LogP contribution is -2.66. The molecule has 1 heterocycles. The van der Waals surface area contributed by atoms with Crippen LogP contribution in [0.2, 0.25) is 5.02 Å². The topological polar surface area (TPSA) is 123 Å². The first-order chi connectivity index (χ1) is 28.3. The number of likely N-dealkylation sites (N-methyl/N-ethyl adjacent to an activating group) is 1. The van der Waals surface area contributed by atoms with Gasteiger partial charge in [-0.05, 0) is 156 Å². The number of hydrogen-bond acceptors (Lipinski definition) is 7. The minimum Gasteiger partial charge on any atom is -0.501 e. The van der Waals surface area contributed by atoms with Gasteiger partial charge in [-0.15, -0.1) is 0 Å². The van der Waals surface area contributed by atoms with Gasteiger partial charge in [0.1, 0.15) is 11.1 Å². The van der Waals surface area contributed by atoms with Crippen LogP contribution in [-0.2, 0) is 31.0 Å². The highest BCUT2D eigenvalue weighted by atomic mass is 35.5. The number of aliphatic hydroxyl groups excluding tert-OH is 1. The smallest absolute Gasteiger partial charge is 0.309 e. The molecule has 5 aliphatic rings. The highest BCUT2D eigenvalue weighted by Crippen LogP contribution is 2.77. The maximum Gasteiger partial charge on any atom is 0.309 e. The monoisotopic (exact) mass is 866 g/mol. The van der Waals surface area contributed by atoms with Gasteiger partial charge >= 0.3 is 11.9 Å². The zero-order chi connectivity index (χ0) is 45.4. The maximum atomic E-state index is 14.6. The first-order valence-electron chi connectivity index (χ1n) is 22.9. The van der Waals surface area contributed by atoms with Gasteiger partial charge in [-0.1, -0.05) is 72.2 Å². The van der Waals surface area contributed by atoms with Gasteiger partial charge in [0, 0.05) is 17.4 Å². The molecule has 0 radical (unpaired) electrons. The fourth-order valence-corrected chi connectivity index (χ4v) is 14.6. The number of aliphatic hydroxyl groups is 1. The molecule has 0 aliphatic heterocycles. The standard InChI is InChI=1S/C50H76ClN3O7/c1-15-32(17-16-31(4)60-14)54-43(57)41(51)42(53(54)27-26-52(12)13)50-25-24-48(10)33(40(50)39(30(2)3)34(55)28-50)18-19-36-47(9)22-21-37(61-38(56)29-45(5,6)44(58)59)46(7,8)35(47)20-23-49(36,48)11/h15-17,30,33-37,55H,1,18-29H2,2-14H3,(H,58,59)/b31-16+,32-17+/t33?,34-,35-,36+,37-,47-,48+,49?,50+/m0/s1. The van der Waals surface area contributed by atoms with Crippen molar-refractivity contribution in [2.45, 2.75) is 158 Å². The van der Waals surface area contributed by atoms with Gasteiger partial charge in [-0.3, -0.25) is 19.1 Å². The summed E-state index contributed by atoms with van der Waals surface area (Å²) in [4.78, 5) is 41.8. The minimum atomic E-state index is -1.19. The van der Waals surface area contributed by atoms with Crippen LogP contribution in [0.1, 0.15) is 139 Å². The number of aliphatic carboxylic acids is 1. The molecule has 5 aliphatic carbocycles. The van der Waals surface area contributed by atoms with Crippen molar-refractivity contribution in [3.8, 4) is 0 Å². The summed E-state index contributed by atoms with van der Waals surface area (Å²) in [7, 11) is 5.69. The number of rotatable bonds is 13. The summed E-state index contributed by atoms with van der Waals surface area (Å²) in [5.41, 5.74) is 1.43. The van der Waals surface area contributed by atoms with E-state index < -0.39 is 28.9 Å². The van der Waals surface area contributed by atoms with E-state index >= 15 is 0 Å². The molecule has 10 nitrogen and oxygen atoms in total. The van der Waals surface area contributed by atoms with Gasteiger partial charge < -0.3 is 24.6 Å². The van der Waals surface area contributed by atoms with Gasteiger partial charge in [-0.25, -0.2) is 4.68 Å². The first-order valence-corrected chi connectivity index (χ1v) is 23.2. The number of carbonyl (C=O) groups is 2. The largest absolute Gasteiger partial charge is 0.501 e. The Kier molecular flexibility index (Phi) is 12.8. The summed E-state index contributed by atoms with van der Waals surface area (Å²) in [6, 6.07) is 0. The molecule has 0 saturated heterocycles. The van der Waals surface area contributed by atoms with E-state index in [1.165, 1.54) is 5.57 Å². The molecule has 4 saturated carbocycles. The van der Waals surface area contributed by atoms with Gasteiger partial charge in [0.15, 0.2) is 0 Å². The van der Waals surface area contributed by atoms with E-state index in [1.807, 2.05) is 33.2 Å². The normalized spacial score (nSPS) is 35.1. The van der Waals surface area contributed by atoms with Crippen LogP contribution in [0.25, 0.3) is 5.70 Å². The Hall–Kier alpha value is -3.08. The van der Waals surface area contributed by atoms with Gasteiger partial charge in [-0.2, -0.15) is 0 Å². The number of carboxylic acid groups (broad SMARTS) is 1. The Bertz CT molecular complexity index is 2070. The predicted octanol–water partition coefficient (Wildman–Crippen LogP) is 9.88. The average molecular weight is 867 g/mol. The van der Waals surface area contributed by atoms with Gasteiger partial charge in [0.05, 0.1) is 48.7 Å². The Balaban J connectivity index is 1.43. The zero-order valence-electron chi connectivity index (χ0n) is 39.5. The highest BCUT2D eigenvalue weighted by Gasteiger charge is 2.71. The number of nitrogens with zero attached hydrogens (tertiary/aromatic N) is 3. The Morgan fingerprint density at radius 1 is 1.00 bits per heavy atom. The molecule has 0 bridgehead atoms. The molecule has 6 rings (SSSR count). The minimum absolute atomic E-state index is 0.00826. The third kappa shape index (κ3) is 7.44. The van der Waals surface area contributed by atoms with Crippen molar-refractivity contribution in [3.05, 3.63) is 62.8 Å². The van der Waals surface area contributed by atoms with Crippen LogP contribution in [0, 0.1) is 50.7 Å². The molecule has 1 aromatic heterocycles. The van der Waals surface area contributed by atoms with E-state index in [9.17, 15) is 24.6 Å². The maximum absolute atomic E-state index is 14.6. The third-order valence-electron chi connectivity index (χ3n) is 17.6. The van der Waals surface area contributed by atoms with Crippen molar-refractivity contribution >= 4 is 29.2 Å². The number of methoxy groups -OCH3 is 1. The summed E-state index contributed by atoms with van der Waals surface area (Å²) in [6.07, 6.45) is 12.4. The number of allylic oxidation sites excluding steroid dienone is 6. The zero-order valence-corrected chi connectivity index (χ0v) is 40.3. The molecule has 11 heteroatoms. The Morgan fingerprint density at radius 2 is 1.67 bits per heavy atom. The van der Waals surface area contributed by atoms with Gasteiger partial charge in [0.2, 0.25) is 0 Å². The van der Waals surface area contributed by atoms with Crippen LogP contribution in [0.4, 0.5) is 0 Å². The number of ether oxygens (including phenoxy) is 2. The lowest BCUT2D eigenvalue weighted by Gasteiger charge is -2.72. The predicted molar refractivity (Wildman–Crippen MR) is 243 cm³/mol. The molecule has 0 amide bonds. The molecular weight excluding hydrogens is 790 g/mol. The summed E-state index contributed by atoms with van der Waals surface area (Å²) >= 11 is 7.42. The summed E-state index contributed by atoms with van der Waals surface area (Å²) in [5.74, 6) is 0.345. The van der Waals surface area contributed by atoms with E-state index in [1.54, 1.807) is 31.7 Å². The van der Waals surface area contributed by atoms with Crippen LogP contribution < -0.4 is 5.56 Å². The lowest BCUT2D eigenvalue weighted by molar-refractivity contribution is -0.232. The van der Waals surface area contributed by atoms with Gasteiger partial charge in [0.25, 0.3) is 5.56 Å². The average Bonchev–Trinajstić information content (AvgIpc) is 3.61. The molecule has 0 spiro atoms. The Morgan fingerprint density at radius 3 is 2.26 bits per heavy atom. The number of halogens is 1. The van der Waals surface area contributed by atoms with E-state index in [2.05, 4.69) is 64.6 Å². The van der Waals surface area contributed by atoms with Crippen molar-refractivity contribution in [1.29, 1.82) is 0 Å². The number of esters is 1. The second kappa shape index (κ2) is 16.5. The van der Waals surface area contributed by atoms with E-state index in [0.717, 1.165) is 62.6 Å². The van der Waals surface area contributed by atoms with Crippen molar-refractivity contribution in [2.75, 3.05) is 27.7 Å². The SMILES string of the molecule is C=C/C(=C\C=C(/C)OC)n1c(=O)c(Cl)c([C@@]23CC[C@]4(C)C(CC[C@H]5C4(C)CC[C@H]4C(C)(C)[C@@H](OC(=O)CC(C)(C)C(=O)O)CC[C@@]45C)C2=C(C(C)C)[C@@H](O)C3)n1CCN(C)C. The fraction of sp³-hybridized carbons (Fsp3) is 0.740. The van der Waals surface area contributed by atoms with Crippen molar-refractivity contribution in [1.82, 2.24) is 14.3 Å². The second-order valence-electron chi connectivity index (χ2n) is 22.1. The quantitative estimate of drug-likeness (QED) is 0.0870. The van der Waals surface area contributed by atoms with Crippen molar-refractivity contribution in [2.24, 2.45) is 50.7 Å². The van der Waals surface area contributed by atoms with E-state index in [-0.39, 0.29) is 56.6 Å². The fourth-order valence-electron chi connectivity index (χ4n) is 14.2. The summed E-state index contributed by atoms with van der Waals surface area (Å²) < 4.78 is 15.4. The van der Waals surface area contributed by atoms with Crippen LogP contribution in [0.3, 0.4) is 0 Å². The molecule has 9 atom stereocenters. The molecule has 340 valence electrons. The first kappa shape index (κ1) is 47.4. The highest BCUT2D eigenvalue weighted by molar-refractivity contribution is 6.31. The number of aromatic nitrogens is 2. The third-order valence-corrected chi connectivity index (χ3v) is 17.9. The van der Waals surface area contributed by atoms with E-state index in [4.69, 9.17) is 21.1 Å². The number of carbonyl (C=O) groups excluding carboxylic acids is 1. The van der Waals surface area contributed by atoms with Crippen LogP contribution in [0.5, 0.6) is 0 Å². The number of carboxylic acids is 1. The summed E-state index contributed by atoms with van der Waals surface area (Å²) in [6.45, 7) is 26.9.